The van der Waals surface area contributed by atoms with Crippen LogP contribution in [-0.2, 0) is 4.79 Å². The Bertz CT molecular complexity index is 188. The van der Waals surface area contributed by atoms with E-state index in [1.165, 1.54) is 0 Å². The highest BCUT2D eigenvalue weighted by Crippen LogP contribution is 2.17. The van der Waals surface area contributed by atoms with Crippen LogP contribution in [-0.4, -0.2) is 41.7 Å². The number of carbonyl (C=O) groups is 1. The maximum atomic E-state index is 11.7. The Morgan fingerprint density at radius 3 is 2.46 bits per heavy atom. The number of nitrogens with zero attached hydrogens (tertiary/aromatic N) is 1. The number of aliphatic hydroxyl groups is 1. The largest absolute Gasteiger partial charge is 0.389 e. The Morgan fingerprint density at radius 2 is 2.15 bits per heavy atom. The standard InChI is InChI=1S/C9H18N2O2/c1-6(2)8(3-10)9(13)11-4-7(12)5-11/h6-8,12H,3-5,10H2,1-2H3. The molecular formula is C9H18N2O2. The zero-order valence-corrected chi connectivity index (χ0v) is 8.23. The Labute approximate surface area is 78.7 Å². The average molecular weight is 186 g/mol. The number of rotatable bonds is 3. The van der Waals surface area contributed by atoms with E-state index in [-0.39, 0.29) is 23.8 Å². The zero-order valence-electron chi connectivity index (χ0n) is 8.23. The number of carbonyl (C=O) groups excluding carboxylic acids is 1. The Kier molecular flexibility index (Phi) is 3.27. The van der Waals surface area contributed by atoms with Gasteiger partial charge in [0.25, 0.3) is 0 Å². The van der Waals surface area contributed by atoms with Gasteiger partial charge in [-0.1, -0.05) is 13.8 Å². The highest BCUT2D eigenvalue weighted by Gasteiger charge is 2.33. The third kappa shape index (κ3) is 2.19. The number of β-amino-alcohol motifs (C(OH)–C–C–N with tert-alkyl or cyclic N) is 1. The zero-order chi connectivity index (χ0) is 10.0. The normalized spacial score (nSPS) is 20.2. The lowest BCUT2D eigenvalue weighted by atomic mass is 9.93. The first kappa shape index (κ1) is 10.5. The summed E-state index contributed by atoms with van der Waals surface area (Å²) in [6, 6.07) is 0. The molecule has 1 rings (SSSR count). The molecule has 1 unspecified atom stereocenters. The van der Waals surface area contributed by atoms with Crippen molar-refractivity contribution in [1.29, 1.82) is 0 Å². The lowest BCUT2D eigenvalue weighted by Gasteiger charge is -2.38. The fourth-order valence-electron chi connectivity index (χ4n) is 1.53. The van der Waals surface area contributed by atoms with Crippen LogP contribution >= 0.6 is 0 Å². The molecule has 0 aromatic rings. The molecule has 0 aromatic heterocycles. The fraction of sp³-hybridized carbons (Fsp3) is 0.889. The molecule has 1 saturated heterocycles. The average Bonchev–Trinajstić information content (AvgIpc) is 1.99. The lowest BCUT2D eigenvalue weighted by Crippen LogP contribution is -2.56. The van der Waals surface area contributed by atoms with E-state index in [1.807, 2.05) is 13.8 Å². The molecule has 0 radical (unpaired) electrons. The highest BCUT2D eigenvalue weighted by molar-refractivity contribution is 5.80. The van der Waals surface area contributed by atoms with Gasteiger partial charge in [0, 0.05) is 19.6 Å². The lowest BCUT2D eigenvalue weighted by molar-refractivity contribution is -0.146. The van der Waals surface area contributed by atoms with Gasteiger partial charge in [0.1, 0.15) is 0 Å². The van der Waals surface area contributed by atoms with Crippen LogP contribution in [0.4, 0.5) is 0 Å². The molecule has 3 N–H and O–H groups in total. The number of hydrogen-bond acceptors (Lipinski definition) is 3. The van der Waals surface area contributed by atoms with E-state index in [0.717, 1.165) is 0 Å². The molecular weight excluding hydrogens is 168 g/mol. The summed E-state index contributed by atoms with van der Waals surface area (Å²) in [6.07, 6.45) is -0.325. The van der Waals surface area contributed by atoms with Crippen molar-refractivity contribution in [2.24, 2.45) is 17.6 Å². The molecule has 4 heteroatoms. The summed E-state index contributed by atoms with van der Waals surface area (Å²) < 4.78 is 0. The summed E-state index contributed by atoms with van der Waals surface area (Å²) in [4.78, 5) is 13.3. The first-order valence-electron chi connectivity index (χ1n) is 4.73. The van der Waals surface area contributed by atoms with Crippen LogP contribution in [0.15, 0.2) is 0 Å². The second-order valence-electron chi connectivity index (χ2n) is 3.98. The summed E-state index contributed by atoms with van der Waals surface area (Å²) in [6.45, 7) is 5.32. The second kappa shape index (κ2) is 4.07. The van der Waals surface area contributed by atoms with Crippen molar-refractivity contribution in [2.45, 2.75) is 20.0 Å². The maximum absolute atomic E-state index is 11.7. The van der Waals surface area contributed by atoms with Crippen molar-refractivity contribution in [3.05, 3.63) is 0 Å². The second-order valence-corrected chi connectivity index (χ2v) is 3.98. The molecule has 1 aliphatic rings. The van der Waals surface area contributed by atoms with Crippen molar-refractivity contribution in [3.8, 4) is 0 Å². The van der Waals surface area contributed by atoms with E-state index in [1.54, 1.807) is 4.90 Å². The van der Waals surface area contributed by atoms with Gasteiger partial charge in [-0.15, -0.1) is 0 Å². The quantitative estimate of drug-likeness (QED) is 0.619. The molecule has 1 fully saturated rings. The first-order chi connectivity index (χ1) is 6.06. The molecule has 1 aliphatic heterocycles. The molecule has 13 heavy (non-hydrogen) atoms. The maximum Gasteiger partial charge on any atom is 0.227 e. The number of likely N-dealkylation sites (tertiary alicyclic amines) is 1. The minimum Gasteiger partial charge on any atom is -0.389 e. The molecule has 0 aromatic carbocycles. The monoisotopic (exact) mass is 186 g/mol. The number of aliphatic hydroxyl groups excluding tert-OH is 1. The smallest absolute Gasteiger partial charge is 0.227 e. The van der Waals surface area contributed by atoms with E-state index in [9.17, 15) is 4.79 Å². The molecule has 4 nitrogen and oxygen atoms in total. The topological polar surface area (TPSA) is 66.6 Å². The van der Waals surface area contributed by atoms with Crippen LogP contribution in [0.2, 0.25) is 0 Å². The van der Waals surface area contributed by atoms with Gasteiger partial charge in [0.05, 0.1) is 12.0 Å². The van der Waals surface area contributed by atoms with Gasteiger partial charge in [-0.2, -0.15) is 0 Å². The van der Waals surface area contributed by atoms with E-state index in [4.69, 9.17) is 10.8 Å². The molecule has 76 valence electrons. The Morgan fingerprint density at radius 1 is 1.62 bits per heavy atom. The van der Waals surface area contributed by atoms with Crippen molar-refractivity contribution in [2.75, 3.05) is 19.6 Å². The van der Waals surface area contributed by atoms with Gasteiger partial charge in [-0.3, -0.25) is 4.79 Å². The summed E-state index contributed by atoms with van der Waals surface area (Å²) in [5.41, 5.74) is 5.52. The van der Waals surface area contributed by atoms with E-state index < -0.39 is 0 Å². The SMILES string of the molecule is CC(C)C(CN)C(=O)N1CC(O)C1. The minimum absolute atomic E-state index is 0.0859. The van der Waals surface area contributed by atoms with E-state index >= 15 is 0 Å². The third-order valence-corrected chi connectivity index (χ3v) is 2.55. The van der Waals surface area contributed by atoms with Crippen LogP contribution in [0.1, 0.15) is 13.8 Å². The fourth-order valence-corrected chi connectivity index (χ4v) is 1.53. The van der Waals surface area contributed by atoms with Crippen LogP contribution < -0.4 is 5.73 Å². The van der Waals surface area contributed by atoms with E-state index in [2.05, 4.69) is 0 Å². The molecule has 0 bridgehead atoms. The van der Waals surface area contributed by atoms with Gasteiger partial charge < -0.3 is 15.7 Å². The highest BCUT2D eigenvalue weighted by atomic mass is 16.3. The molecule has 1 amide bonds. The summed E-state index contributed by atoms with van der Waals surface area (Å²) in [5, 5.41) is 9.04. The first-order valence-corrected chi connectivity index (χ1v) is 4.73. The van der Waals surface area contributed by atoms with Gasteiger partial charge in [-0.05, 0) is 5.92 Å². The molecule has 0 spiro atoms. The molecule has 1 heterocycles. The number of nitrogens with two attached hydrogens (primary N) is 1. The Balaban J connectivity index is 2.45. The summed E-state index contributed by atoms with van der Waals surface area (Å²) >= 11 is 0. The van der Waals surface area contributed by atoms with Crippen molar-refractivity contribution in [1.82, 2.24) is 4.90 Å². The predicted octanol–water partition coefficient (Wildman–Crippen LogP) is -0.580. The molecule has 0 saturated carbocycles. The number of amides is 1. The minimum atomic E-state index is -0.325. The van der Waals surface area contributed by atoms with Crippen molar-refractivity contribution >= 4 is 5.91 Å². The summed E-state index contributed by atoms with van der Waals surface area (Å²) in [5.74, 6) is 0.269. The van der Waals surface area contributed by atoms with Crippen LogP contribution in [0.3, 0.4) is 0 Å². The van der Waals surface area contributed by atoms with E-state index in [0.29, 0.717) is 19.6 Å². The summed E-state index contributed by atoms with van der Waals surface area (Å²) in [7, 11) is 0. The van der Waals surface area contributed by atoms with Crippen LogP contribution in [0.25, 0.3) is 0 Å². The predicted molar refractivity (Wildman–Crippen MR) is 50.0 cm³/mol. The van der Waals surface area contributed by atoms with Crippen molar-refractivity contribution in [3.63, 3.8) is 0 Å². The van der Waals surface area contributed by atoms with Crippen molar-refractivity contribution < 1.29 is 9.90 Å². The molecule has 0 aliphatic carbocycles. The van der Waals surface area contributed by atoms with Crippen LogP contribution in [0, 0.1) is 11.8 Å². The van der Waals surface area contributed by atoms with Gasteiger partial charge >= 0.3 is 0 Å². The van der Waals surface area contributed by atoms with Gasteiger partial charge in [0.2, 0.25) is 5.91 Å². The Hall–Kier alpha value is -0.610. The van der Waals surface area contributed by atoms with Gasteiger partial charge in [0.15, 0.2) is 0 Å². The van der Waals surface area contributed by atoms with Crippen LogP contribution in [0.5, 0.6) is 0 Å². The third-order valence-electron chi connectivity index (χ3n) is 2.55. The number of hydrogen-bond donors (Lipinski definition) is 2. The molecule has 1 atom stereocenters. The van der Waals surface area contributed by atoms with Gasteiger partial charge in [-0.25, -0.2) is 0 Å².